The van der Waals surface area contributed by atoms with E-state index in [4.69, 9.17) is 0 Å². The van der Waals surface area contributed by atoms with Gasteiger partial charge in [0.25, 0.3) is 5.91 Å². The second kappa shape index (κ2) is 9.43. The van der Waals surface area contributed by atoms with Gasteiger partial charge in [-0.15, -0.1) is 0 Å². The minimum absolute atomic E-state index is 0.00483. The fourth-order valence-corrected chi connectivity index (χ4v) is 2.24. The minimum atomic E-state index is 0.00483. The second-order valence-electron chi connectivity index (χ2n) is 5.87. The number of hydrogen-bond donors (Lipinski definition) is 1. The molecule has 0 radical (unpaired) electrons. The Morgan fingerprint density at radius 1 is 1.05 bits per heavy atom. The average Bonchev–Trinajstić information content (AvgIpc) is 2.47. The summed E-state index contributed by atoms with van der Waals surface area (Å²) in [4.78, 5) is 14.4. The van der Waals surface area contributed by atoms with Crippen LogP contribution in [-0.2, 0) is 0 Å². The van der Waals surface area contributed by atoms with Crippen LogP contribution in [0.5, 0.6) is 0 Å². The zero-order chi connectivity index (χ0) is 15.7. The first kappa shape index (κ1) is 17.5. The van der Waals surface area contributed by atoms with Crippen molar-refractivity contribution in [2.75, 3.05) is 18.0 Å². The lowest BCUT2D eigenvalue weighted by molar-refractivity contribution is 0.0943. The molecule has 1 N–H and O–H groups in total. The zero-order valence-corrected chi connectivity index (χ0v) is 14.0. The van der Waals surface area contributed by atoms with Gasteiger partial charge < -0.3 is 10.2 Å². The van der Waals surface area contributed by atoms with Crippen LogP contribution in [0.1, 0.15) is 63.7 Å². The third kappa shape index (κ3) is 6.19. The predicted octanol–water partition coefficient (Wildman–Crippen LogP) is 4.23. The molecule has 0 bridgehead atoms. The number of rotatable bonds is 9. The molecular formula is C18H30N2O. The van der Waals surface area contributed by atoms with Crippen molar-refractivity contribution in [3.63, 3.8) is 0 Å². The van der Waals surface area contributed by atoms with E-state index < -0.39 is 0 Å². The summed E-state index contributed by atoms with van der Waals surface area (Å²) < 4.78 is 0. The molecule has 3 heteroatoms. The van der Waals surface area contributed by atoms with E-state index in [2.05, 4.69) is 36.2 Å². The number of anilines is 1. The molecule has 1 amide bonds. The second-order valence-corrected chi connectivity index (χ2v) is 5.87. The molecule has 3 nitrogen and oxygen atoms in total. The molecular weight excluding hydrogens is 260 g/mol. The fraction of sp³-hybridized carbons (Fsp3) is 0.611. The van der Waals surface area contributed by atoms with Gasteiger partial charge in [-0.1, -0.05) is 26.7 Å². The standard InChI is InChI=1S/C18H30N2O/c1-5-7-13-20(14-8-6-2)17-11-9-16(10-12-17)18(21)19-15(3)4/h9-12,15H,5-8,13-14H2,1-4H3,(H,19,21). The molecule has 0 unspecified atom stereocenters. The average molecular weight is 290 g/mol. The number of hydrogen-bond acceptors (Lipinski definition) is 2. The highest BCUT2D eigenvalue weighted by molar-refractivity contribution is 5.94. The van der Waals surface area contributed by atoms with Crippen molar-refractivity contribution in [1.29, 1.82) is 0 Å². The van der Waals surface area contributed by atoms with Gasteiger partial charge in [-0.05, 0) is 51.0 Å². The maximum absolute atomic E-state index is 12.0. The Hall–Kier alpha value is -1.51. The quantitative estimate of drug-likeness (QED) is 0.738. The summed E-state index contributed by atoms with van der Waals surface area (Å²) in [5.41, 5.74) is 1.95. The summed E-state index contributed by atoms with van der Waals surface area (Å²) in [6.07, 6.45) is 4.83. The van der Waals surface area contributed by atoms with E-state index in [-0.39, 0.29) is 11.9 Å². The first-order valence-corrected chi connectivity index (χ1v) is 8.24. The van der Waals surface area contributed by atoms with Crippen LogP contribution in [0.3, 0.4) is 0 Å². The summed E-state index contributed by atoms with van der Waals surface area (Å²) >= 11 is 0. The van der Waals surface area contributed by atoms with E-state index in [9.17, 15) is 4.79 Å². The topological polar surface area (TPSA) is 32.3 Å². The molecule has 0 aromatic heterocycles. The molecule has 21 heavy (non-hydrogen) atoms. The number of carbonyl (C=O) groups is 1. The highest BCUT2D eigenvalue weighted by Crippen LogP contribution is 2.17. The lowest BCUT2D eigenvalue weighted by atomic mass is 10.1. The fourth-order valence-electron chi connectivity index (χ4n) is 2.24. The first-order valence-electron chi connectivity index (χ1n) is 8.24. The summed E-state index contributed by atoms with van der Waals surface area (Å²) in [7, 11) is 0. The van der Waals surface area contributed by atoms with Crippen molar-refractivity contribution in [3.05, 3.63) is 29.8 Å². The Bertz CT molecular complexity index is 404. The van der Waals surface area contributed by atoms with Gasteiger partial charge in [0.15, 0.2) is 0 Å². The number of nitrogens with one attached hydrogen (secondary N) is 1. The van der Waals surface area contributed by atoms with Crippen LogP contribution in [-0.4, -0.2) is 25.0 Å². The molecule has 0 spiro atoms. The van der Waals surface area contributed by atoms with Crippen LogP contribution in [0.4, 0.5) is 5.69 Å². The van der Waals surface area contributed by atoms with E-state index >= 15 is 0 Å². The van der Waals surface area contributed by atoms with Crippen LogP contribution in [0.25, 0.3) is 0 Å². The summed E-state index contributed by atoms with van der Waals surface area (Å²) in [6.45, 7) is 10.6. The van der Waals surface area contributed by atoms with Gasteiger partial charge >= 0.3 is 0 Å². The van der Waals surface area contributed by atoms with E-state index in [1.54, 1.807) is 0 Å². The smallest absolute Gasteiger partial charge is 0.251 e. The van der Waals surface area contributed by atoms with Crippen LogP contribution in [0.15, 0.2) is 24.3 Å². The number of benzene rings is 1. The van der Waals surface area contributed by atoms with E-state index in [1.165, 1.54) is 31.4 Å². The molecule has 118 valence electrons. The van der Waals surface area contributed by atoms with Crippen LogP contribution in [0, 0.1) is 0 Å². The van der Waals surface area contributed by atoms with Crippen LogP contribution >= 0.6 is 0 Å². The molecule has 1 rings (SSSR count). The molecule has 0 atom stereocenters. The van der Waals surface area contributed by atoms with Gasteiger partial charge in [0.2, 0.25) is 0 Å². The molecule has 0 aliphatic carbocycles. The Balaban J connectivity index is 2.73. The number of amides is 1. The van der Waals surface area contributed by atoms with E-state index in [0.29, 0.717) is 0 Å². The van der Waals surface area contributed by atoms with Crippen molar-refractivity contribution >= 4 is 11.6 Å². The van der Waals surface area contributed by atoms with Crippen molar-refractivity contribution in [2.24, 2.45) is 0 Å². The number of nitrogens with zero attached hydrogens (tertiary/aromatic N) is 1. The van der Waals surface area contributed by atoms with Gasteiger partial charge in [-0.3, -0.25) is 4.79 Å². The lowest BCUT2D eigenvalue weighted by Gasteiger charge is -2.25. The predicted molar refractivity (Wildman–Crippen MR) is 91.1 cm³/mol. The van der Waals surface area contributed by atoms with Crippen molar-refractivity contribution in [3.8, 4) is 0 Å². The maximum Gasteiger partial charge on any atom is 0.251 e. The Morgan fingerprint density at radius 3 is 2.00 bits per heavy atom. The molecule has 0 aliphatic rings. The van der Waals surface area contributed by atoms with Crippen LogP contribution < -0.4 is 10.2 Å². The SMILES string of the molecule is CCCCN(CCCC)c1ccc(C(=O)NC(C)C)cc1. The summed E-state index contributed by atoms with van der Waals surface area (Å²) in [6, 6.07) is 8.17. The van der Waals surface area contributed by atoms with Gasteiger partial charge in [0, 0.05) is 30.4 Å². The molecule has 0 saturated carbocycles. The molecule has 1 aromatic carbocycles. The Labute approximate surface area is 129 Å². The maximum atomic E-state index is 12.0. The van der Waals surface area contributed by atoms with Crippen molar-refractivity contribution < 1.29 is 4.79 Å². The van der Waals surface area contributed by atoms with Crippen molar-refractivity contribution in [1.82, 2.24) is 5.32 Å². The molecule has 0 saturated heterocycles. The molecule has 0 fully saturated rings. The number of unbranched alkanes of at least 4 members (excludes halogenated alkanes) is 2. The minimum Gasteiger partial charge on any atom is -0.372 e. The molecule has 0 aliphatic heterocycles. The van der Waals surface area contributed by atoms with Gasteiger partial charge in [0.05, 0.1) is 0 Å². The molecule has 1 aromatic rings. The van der Waals surface area contributed by atoms with Crippen LogP contribution in [0.2, 0.25) is 0 Å². The van der Waals surface area contributed by atoms with Gasteiger partial charge in [-0.25, -0.2) is 0 Å². The largest absolute Gasteiger partial charge is 0.372 e. The summed E-state index contributed by atoms with van der Waals surface area (Å²) in [5.74, 6) is 0.00483. The Morgan fingerprint density at radius 2 is 1.57 bits per heavy atom. The van der Waals surface area contributed by atoms with E-state index in [0.717, 1.165) is 18.7 Å². The van der Waals surface area contributed by atoms with Gasteiger partial charge in [0.1, 0.15) is 0 Å². The highest BCUT2D eigenvalue weighted by atomic mass is 16.1. The third-order valence-corrected chi connectivity index (χ3v) is 3.48. The third-order valence-electron chi connectivity index (χ3n) is 3.48. The monoisotopic (exact) mass is 290 g/mol. The lowest BCUT2D eigenvalue weighted by Crippen LogP contribution is -2.30. The molecule has 0 heterocycles. The zero-order valence-electron chi connectivity index (χ0n) is 14.0. The normalized spacial score (nSPS) is 10.7. The van der Waals surface area contributed by atoms with Crippen molar-refractivity contribution in [2.45, 2.75) is 59.4 Å². The van der Waals surface area contributed by atoms with E-state index in [1.807, 2.05) is 26.0 Å². The highest BCUT2D eigenvalue weighted by Gasteiger charge is 2.09. The number of carbonyl (C=O) groups excluding carboxylic acids is 1. The summed E-state index contributed by atoms with van der Waals surface area (Å²) in [5, 5.41) is 2.92. The Kier molecular flexibility index (Phi) is 7.88. The first-order chi connectivity index (χ1) is 10.1. The van der Waals surface area contributed by atoms with Gasteiger partial charge in [-0.2, -0.15) is 0 Å².